The molecule has 4 aliphatic carbocycles. The second kappa shape index (κ2) is 16.1. The SMILES string of the molecule is C=CCCC[C]1[CH][CH][C](C([C]2[C]3C=C(C(C)(C)C)C=C[C]3[C]3C=CC(C(C)(C)C)=C[C]32)(c2ccccc2)c2ccccc2)[CH]1.[Cl-].[Cl-].[Hf+4]. The third kappa shape index (κ3) is 7.69. The van der Waals surface area contributed by atoms with Crippen molar-refractivity contribution in [3.63, 3.8) is 0 Å². The van der Waals surface area contributed by atoms with Crippen LogP contribution in [0.4, 0.5) is 0 Å². The Hall–Kier alpha value is -1.41. The van der Waals surface area contributed by atoms with Gasteiger partial charge in [-0.05, 0) is 83.5 Å². The van der Waals surface area contributed by atoms with Gasteiger partial charge in [0, 0.05) is 35.0 Å². The molecule has 2 saturated carbocycles. The molecule has 3 heteroatoms. The van der Waals surface area contributed by atoms with Crippen molar-refractivity contribution >= 4 is 0 Å². The number of halogens is 2. The Balaban J connectivity index is 0.00000200. The van der Waals surface area contributed by atoms with Crippen LogP contribution in [0.15, 0.2) is 121 Å². The van der Waals surface area contributed by atoms with Gasteiger partial charge in [0.05, 0.1) is 0 Å². The molecule has 2 aromatic carbocycles. The van der Waals surface area contributed by atoms with Gasteiger partial charge in [-0.25, -0.2) is 0 Å². The molecular weight excluding hydrogens is 778 g/mol. The smallest absolute Gasteiger partial charge is 1.00 e. The first-order valence-corrected chi connectivity index (χ1v) is 16.2. The molecule has 2 aromatic rings. The van der Waals surface area contributed by atoms with E-state index in [1.807, 2.05) is 6.08 Å². The standard InChI is InChI=1S/C44H46.2ClH.Hf/c1-8-9-12-17-31-22-23-36(28-31)44(32-18-13-10-14-19-32,33-20-15-11-16-21-33)41-39-29-34(42(2,3)4)24-26-37(39)38-27-25-35(30-40(38)41)43(5,6)7;;;/h8,10-11,13-16,18-30H,1,9,12,17H2,2-7H3;2*1H;/q;;;+4/p-2. The van der Waals surface area contributed by atoms with Crippen LogP contribution in [0.2, 0.25) is 0 Å². The summed E-state index contributed by atoms with van der Waals surface area (Å²) in [5, 5.41) is 0. The molecule has 10 radical (unpaired) electrons. The van der Waals surface area contributed by atoms with Crippen LogP contribution < -0.4 is 24.8 Å². The normalized spacial score (nSPS) is 20.0. The van der Waals surface area contributed by atoms with E-state index in [2.05, 4.69) is 165 Å². The minimum Gasteiger partial charge on any atom is -1.00 e. The van der Waals surface area contributed by atoms with Gasteiger partial charge in [-0.1, -0.05) is 145 Å². The zero-order valence-corrected chi connectivity index (χ0v) is 33.7. The Bertz CT molecular complexity index is 1340. The number of allylic oxidation sites excluding steroid dienone is 9. The van der Waals surface area contributed by atoms with Gasteiger partial charge in [-0.3, -0.25) is 0 Å². The van der Waals surface area contributed by atoms with E-state index in [0.29, 0.717) is 0 Å². The first-order valence-electron chi connectivity index (χ1n) is 16.2. The predicted molar refractivity (Wildman–Crippen MR) is 187 cm³/mol. The first kappa shape index (κ1) is 40.0. The molecule has 0 spiro atoms. The van der Waals surface area contributed by atoms with E-state index in [1.165, 1.54) is 63.7 Å². The van der Waals surface area contributed by atoms with Gasteiger partial charge < -0.3 is 24.8 Å². The van der Waals surface area contributed by atoms with Gasteiger partial charge in [0.1, 0.15) is 0 Å². The van der Waals surface area contributed by atoms with Crippen LogP contribution in [0.25, 0.3) is 0 Å². The quantitative estimate of drug-likeness (QED) is 0.198. The maximum absolute atomic E-state index is 3.96. The van der Waals surface area contributed by atoms with E-state index in [9.17, 15) is 0 Å². The molecule has 0 aliphatic heterocycles. The van der Waals surface area contributed by atoms with Gasteiger partial charge >= 0.3 is 25.8 Å². The topological polar surface area (TPSA) is 0 Å². The van der Waals surface area contributed by atoms with Crippen molar-refractivity contribution in [1.29, 1.82) is 0 Å². The second-order valence-corrected chi connectivity index (χ2v) is 14.6. The Morgan fingerprint density at radius 3 is 1.51 bits per heavy atom. The molecule has 4 aliphatic rings. The zero-order chi connectivity index (χ0) is 31.1. The maximum atomic E-state index is 3.96. The van der Waals surface area contributed by atoms with Crippen molar-refractivity contribution in [2.24, 2.45) is 10.8 Å². The maximum Gasteiger partial charge on any atom is 4.00 e. The van der Waals surface area contributed by atoms with E-state index >= 15 is 0 Å². The number of benzene rings is 2. The molecule has 2 fully saturated rings. The summed E-state index contributed by atoms with van der Waals surface area (Å²) in [4.78, 5) is 0. The summed E-state index contributed by atoms with van der Waals surface area (Å²) in [5.74, 6) is 9.47. The van der Waals surface area contributed by atoms with Crippen molar-refractivity contribution in [2.75, 3.05) is 0 Å². The molecule has 0 saturated heterocycles. The van der Waals surface area contributed by atoms with Crippen LogP contribution in [0.1, 0.15) is 71.9 Å². The minimum absolute atomic E-state index is 0. The summed E-state index contributed by atoms with van der Waals surface area (Å²) in [5.41, 5.74) is 4.88. The van der Waals surface area contributed by atoms with Crippen molar-refractivity contribution in [1.82, 2.24) is 0 Å². The average Bonchev–Trinajstić information content (AvgIpc) is 3.61. The van der Waals surface area contributed by atoms with E-state index in [0.717, 1.165) is 19.3 Å². The second-order valence-electron chi connectivity index (χ2n) is 14.6. The van der Waals surface area contributed by atoms with Crippen molar-refractivity contribution in [3.05, 3.63) is 193 Å². The van der Waals surface area contributed by atoms with Crippen molar-refractivity contribution in [3.8, 4) is 0 Å². The Morgan fingerprint density at radius 1 is 0.617 bits per heavy atom. The predicted octanol–water partition coefficient (Wildman–Crippen LogP) is 5.08. The molecular formula is C44H46Cl2Hf+2. The van der Waals surface area contributed by atoms with Crippen LogP contribution in [-0.4, -0.2) is 0 Å². The fourth-order valence-corrected chi connectivity index (χ4v) is 7.10. The molecule has 47 heavy (non-hydrogen) atoms. The van der Waals surface area contributed by atoms with E-state index in [4.69, 9.17) is 0 Å². The monoisotopic (exact) mass is 824 g/mol. The summed E-state index contributed by atoms with van der Waals surface area (Å²) in [6.07, 6.45) is 26.9. The fourth-order valence-electron chi connectivity index (χ4n) is 7.10. The van der Waals surface area contributed by atoms with Crippen LogP contribution in [0.5, 0.6) is 0 Å². The third-order valence-corrected chi connectivity index (χ3v) is 9.51. The van der Waals surface area contributed by atoms with Gasteiger partial charge in [0.2, 0.25) is 0 Å². The molecule has 0 atom stereocenters. The van der Waals surface area contributed by atoms with Gasteiger partial charge in [-0.2, -0.15) is 0 Å². The Morgan fingerprint density at radius 2 is 1.09 bits per heavy atom. The summed E-state index contributed by atoms with van der Waals surface area (Å²) in [6.45, 7) is 17.9. The number of hydrogen-bond donors (Lipinski definition) is 0. The summed E-state index contributed by atoms with van der Waals surface area (Å²) in [6, 6.07) is 22.4. The largest absolute Gasteiger partial charge is 4.00 e. The van der Waals surface area contributed by atoms with Crippen LogP contribution in [-0.2, 0) is 31.3 Å². The van der Waals surface area contributed by atoms with Crippen LogP contribution >= 0.6 is 0 Å². The van der Waals surface area contributed by atoms with Crippen molar-refractivity contribution < 1.29 is 50.7 Å². The zero-order valence-electron chi connectivity index (χ0n) is 28.6. The van der Waals surface area contributed by atoms with E-state index in [-0.39, 0.29) is 61.5 Å². The van der Waals surface area contributed by atoms with Crippen LogP contribution in [0, 0.1) is 71.5 Å². The number of fused-ring (bicyclic) bond motifs is 3. The van der Waals surface area contributed by atoms with Gasteiger partial charge in [-0.15, -0.1) is 6.58 Å². The Labute approximate surface area is 318 Å². The van der Waals surface area contributed by atoms with Gasteiger partial charge in [0.25, 0.3) is 0 Å². The molecule has 6 rings (SSSR count). The molecule has 0 aromatic heterocycles. The average molecular weight is 824 g/mol. The van der Waals surface area contributed by atoms with Crippen molar-refractivity contribution in [2.45, 2.75) is 66.2 Å². The molecule has 0 N–H and O–H groups in total. The van der Waals surface area contributed by atoms with Crippen LogP contribution in [0.3, 0.4) is 0 Å². The van der Waals surface area contributed by atoms with Gasteiger partial charge in [0.15, 0.2) is 0 Å². The number of rotatable bonds is 8. The van der Waals surface area contributed by atoms with E-state index < -0.39 is 5.41 Å². The summed E-state index contributed by atoms with van der Waals surface area (Å²) in [7, 11) is 0. The number of hydrogen-bond acceptors (Lipinski definition) is 0. The van der Waals surface area contributed by atoms with E-state index in [1.54, 1.807) is 0 Å². The first-order chi connectivity index (χ1) is 21.0. The molecule has 238 valence electrons. The molecule has 0 nitrogen and oxygen atoms in total. The molecule has 0 amide bonds. The third-order valence-electron chi connectivity index (χ3n) is 9.51. The number of unbranched alkanes of at least 4 members (excludes halogenated alkanes) is 1. The fraction of sp³-hybridized carbons (Fsp3) is 0.273. The molecule has 0 unspecified atom stereocenters. The molecule has 0 heterocycles. The summed E-state index contributed by atoms with van der Waals surface area (Å²) < 4.78 is 0. The Kier molecular flexibility index (Phi) is 13.7. The summed E-state index contributed by atoms with van der Waals surface area (Å²) >= 11 is 0. The molecule has 0 bridgehead atoms. The minimum atomic E-state index is -0.508.